The molecule has 2 amide bonds. The number of phosphoric ester groups is 3. The summed E-state index contributed by atoms with van der Waals surface area (Å²) in [7, 11) is -16.4. The van der Waals surface area contributed by atoms with E-state index in [1.165, 1.54) is 46.0 Å². The molecule has 1 aliphatic heterocycles. The second-order valence-corrected chi connectivity index (χ2v) is 22.0. The number of ether oxygens (including phenoxy) is 1. The van der Waals surface area contributed by atoms with Gasteiger partial charge < -0.3 is 56.0 Å². The monoisotopic (exact) mass is 1010 g/mol. The van der Waals surface area contributed by atoms with Crippen LogP contribution in [-0.2, 0) is 50.7 Å². The van der Waals surface area contributed by atoms with E-state index in [9.17, 15) is 63.0 Å². The highest BCUT2D eigenvalue weighted by atomic mass is 32.2. The Morgan fingerprint density at radius 1 is 0.923 bits per heavy atom. The minimum Gasteiger partial charge on any atom is -0.393 e. The molecule has 0 spiro atoms. The minimum absolute atomic E-state index is 0.0235. The summed E-state index contributed by atoms with van der Waals surface area (Å²) in [6.45, 7) is 4.86. The van der Waals surface area contributed by atoms with E-state index >= 15 is 0 Å². The quantitative estimate of drug-likeness (QED) is 0.0383. The fraction of sp³-hybridized carbons (Fsp3) is 0.778. The van der Waals surface area contributed by atoms with Gasteiger partial charge in [-0.3, -0.25) is 32.5 Å². The van der Waals surface area contributed by atoms with Crippen LogP contribution in [0.1, 0.15) is 105 Å². The van der Waals surface area contributed by atoms with Gasteiger partial charge in [-0.2, -0.15) is 4.31 Å². The number of hydrogen-bond donors (Lipinski definition) is 10. The molecule has 2 aromatic heterocycles. The number of nitrogens with two attached hydrogens (primary N) is 1. The number of nitrogen functional groups attached to an aromatic ring is 1. The number of aliphatic hydroxyl groups is 3. The molecule has 3 heterocycles. The van der Waals surface area contributed by atoms with Crippen LogP contribution in [0.2, 0.25) is 0 Å². The molecule has 29 heteroatoms. The second-order valence-electron chi connectivity index (χ2n) is 16.6. The molecular formula is C36H64N7O18P3S. The van der Waals surface area contributed by atoms with Crippen LogP contribution in [0.5, 0.6) is 0 Å². The smallest absolute Gasteiger partial charge is 0.393 e. The number of hydrogen-bond acceptors (Lipinski definition) is 19. The number of aromatic nitrogens is 4. The highest BCUT2D eigenvalue weighted by molar-refractivity contribution is 8.13. The number of rotatable bonds is 31. The van der Waals surface area contributed by atoms with E-state index in [1.807, 2.05) is 0 Å². The summed E-state index contributed by atoms with van der Waals surface area (Å²) in [6, 6.07) is 0. The van der Waals surface area contributed by atoms with Crippen LogP contribution < -0.4 is 16.4 Å². The van der Waals surface area contributed by atoms with Crippen molar-refractivity contribution >= 4 is 69.1 Å². The van der Waals surface area contributed by atoms with E-state index in [1.54, 1.807) is 0 Å². The Balaban J connectivity index is 1.35. The van der Waals surface area contributed by atoms with Crippen LogP contribution in [0.3, 0.4) is 0 Å². The van der Waals surface area contributed by atoms with E-state index in [0.29, 0.717) is 6.42 Å². The van der Waals surface area contributed by atoms with Crippen LogP contribution in [0.15, 0.2) is 12.7 Å². The first-order chi connectivity index (χ1) is 30.3. The van der Waals surface area contributed by atoms with E-state index in [2.05, 4.69) is 48.3 Å². The maximum atomic E-state index is 12.7. The molecule has 25 nitrogen and oxygen atoms in total. The highest BCUT2D eigenvalue weighted by Gasteiger charge is 2.50. The fourth-order valence-electron chi connectivity index (χ4n) is 6.46. The van der Waals surface area contributed by atoms with Gasteiger partial charge in [-0.1, -0.05) is 90.8 Å². The first-order valence-corrected chi connectivity index (χ1v) is 26.5. The number of carbonyl (C=O) groups excluding carboxylic acids is 3. The van der Waals surface area contributed by atoms with E-state index in [0.717, 1.165) is 54.2 Å². The van der Waals surface area contributed by atoms with Crippen molar-refractivity contribution in [3.05, 3.63) is 12.7 Å². The van der Waals surface area contributed by atoms with Crippen molar-refractivity contribution in [3.63, 3.8) is 0 Å². The summed E-state index contributed by atoms with van der Waals surface area (Å²) in [5.41, 5.74) is 4.25. The number of phosphoric acid groups is 3. The maximum absolute atomic E-state index is 12.7. The van der Waals surface area contributed by atoms with Crippen molar-refractivity contribution in [1.29, 1.82) is 0 Å². The van der Waals surface area contributed by atoms with Crippen LogP contribution in [-0.4, -0.2) is 134 Å². The zero-order chi connectivity index (χ0) is 48.6. The predicted octanol–water partition coefficient (Wildman–Crippen LogP) is 2.58. The largest absolute Gasteiger partial charge is 0.481 e. The number of nitrogens with one attached hydrogen (secondary N) is 2. The topological polar surface area (TPSA) is 384 Å². The Morgan fingerprint density at radius 2 is 1.55 bits per heavy atom. The van der Waals surface area contributed by atoms with Gasteiger partial charge in [-0.15, -0.1) is 0 Å². The van der Waals surface area contributed by atoms with Gasteiger partial charge in [0.1, 0.15) is 36.3 Å². The molecule has 8 atom stereocenters. The fourth-order valence-corrected chi connectivity index (χ4v) is 10.0. The molecule has 2 aromatic rings. The number of nitrogens with zero attached hydrogens (tertiary/aromatic N) is 4. The normalized spacial score (nSPS) is 20.9. The third-order valence-electron chi connectivity index (χ3n) is 9.99. The van der Waals surface area contributed by atoms with Crippen molar-refractivity contribution in [2.75, 3.05) is 37.8 Å². The predicted molar refractivity (Wildman–Crippen MR) is 234 cm³/mol. The van der Waals surface area contributed by atoms with Crippen LogP contribution in [0.4, 0.5) is 5.82 Å². The van der Waals surface area contributed by atoms with Crippen molar-refractivity contribution in [2.24, 2.45) is 11.3 Å². The molecule has 1 aliphatic rings. The third-order valence-corrected chi connectivity index (χ3v) is 14.0. The molecule has 2 unspecified atom stereocenters. The Bertz CT molecular complexity index is 1990. The molecule has 0 saturated carbocycles. The average Bonchev–Trinajstić information content (AvgIpc) is 3.76. The number of aliphatic hydroxyl groups excluding tert-OH is 3. The molecule has 0 aromatic carbocycles. The lowest BCUT2D eigenvalue weighted by molar-refractivity contribution is -0.137. The van der Waals surface area contributed by atoms with Crippen LogP contribution >= 0.6 is 35.2 Å². The SMILES string of the molecule is CC(C)CCCCCCCCC[C@H](O)CC(=O)SCCNC(=O)CCNC(=O)[C@H](O)C(C)(C)COP(=O)(O)OP(=O)(O)OC[C@H]1O[C@@H](n2cnc3c(N)ncnc32)[C@H](O)[C@@H]1OP(=O)(O)O. The Kier molecular flexibility index (Phi) is 23.0. The summed E-state index contributed by atoms with van der Waals surface area (Å²) in [4.78, 5) is 88.3. The lowest BCUT2D eigenvalue weighted by Gasteiger charge is -2.30. The van der Waals surface area contributed by atoms with Crippen LogP contribution in [0, 0.1) is 11.3 Å². The van der Waals surface area contributed by atoms with Crippen molar-refractivity contribution in [1.82, 2.24) is 30.2 Å². The minimum atomic E-state index is -5.58. The average molecular weight is 1010 g/mol. The van der Waals surface area contributed by atoms with E-state index < -0.39 is 90.7 Å². The Labute approximate surface area is 380 Å². The number of fused-ring (bicyclic) bond motifs is 1. The van der Waals surface area contributed by atoms with Gasteiger partial charge in [0.25, 0.3) is 0 Å². The van der Waals surface area contributed by atoms with Gasteiger partial charge >= 0.3 is 23.5 Å². The van der Waals surface area contributed by atoms with Gasteiger partial charge in [0.15, 0.2) is 22.8 Å². The first-order valence-electron chi connectivity index (χ1n) is 21.0. The lowest BCUT2D eigenvalue weighted by atomic mass is 9.87. The number of anilines is 1. The Morgan fingerprint density at radius 3 is 2.20 bits per heavy atom. The lowest BCUT2D eigenvalue weighted by Crippen LogP contribution is -2.46. The Hall–Kier alpha value is -2.48. The number of unbranched alkanes of at least 4 members (excludes halogenated alkanes) is 6. The second kappa shape index (κ2) is 26.3. The molecule has 65 heavy (non-hydrogen) atoms. The summed E-state index contributed by atoms with van der Waals surface area (Å²) < 4.78 is 62.3. The standard InChI is InChI=1S/C36H64N7O18P3S/c1-23(2)12-10-8-6-5-7-9-11-13-24(44)18-27(46)65-17-16-38-26(45)14-15-39-34(49)31(48)36(3,4)20-58-64(55,56)61-63(53,54)57-19-25-30(60-62(50,51)52)29(47)35(59-25)43-22-42-28-32(37)40-21-41-33(28)43/h21-25,29-31,35,44,47-48H,5-20H2,1-4H3,(H,38,45)(H,39,49)(H,53,54)(H,55,56)(H2,37,40,41)(H2,50,51,52)/t24-,25+,29+,30+,31-,35+/m0/s1. The van der Waals surface area contributed by atoms with Crippen molar-refractivity contribution < 1.29 is 85.6 Å². The molecule has 0 radical (unpaired) electrons. The van der Waals surface area contributed by atoms with Gasteiger partial charge in [0.2, 0.25) is 11.8 Å². The molecule has 11 N–H and O–H groups in total. The van der Waals surface area contributed by atoms with E-state index in [-0.39, 0.29) is 53.8 Å². The number of amides is 2. The van der Waals surface area contributed by atoms with Gasteiger partial charge in [-0.05, 0) is 12.3 Å². The molecule has 372 valence electrons. The highest BCUT2D eigenvalue weighted by Crippen LogP contribution is 2.61. The zero-order valence-electron chi connectivity index (χ0n) is 36.7. The molecule has 1 fully saturated rings. The molecule has 0 bridgehead atoms. The van der Waals surface area contributed by atoms with Crippen molar-refractivity contribution in [3.8, 4) is 0 Å². The molecule has 3 rings (SSSR count). The summed E-state index contributed by atoms with van der Waals surface area (Å²) in [5.74, 6) is -0.485. The first kappa shape index (κ1) is 56.8. The molecule has 1 saturated heterocycles. The maximum Gasteiger partial charge on any atom is 0.481 e. The molecule has 0 aliphatic carbocycles. The number of thioether (sulfide) groups is 1. The summed E-state index contributed by atoms with van der Waals surface area (Å²) in [6.07, 6.45) is 2.02. The van der Waals surface area contributed by atoms with Gasteiger partial charge in [0.05, 0.1) is 25.6 Å². The summed E-state index contributed by atoms with van der Waals surface area (Å²) >= 11 is 0.995. The summed E-state index contributed by atoms with van der Waals surface area (Å²) in [5, 5.41) is 36.5. The zero-order valence-corrected chi connectivity index (χ0v) is 40.2. The van der Waals surface area contributed by atoms with Gasteiger partial charge in [-0.25, -0.2) is 28.6 Å². The third kappa shape index (κ3) is 20.3. The number of imidazole rings is 1. The molecular weight excluding hydrogens is 943 g/mol. The van der Waals surface area contributed by atoms with Gasteiger partial charge in [0, 0.05) is 37.1 Å². The van der Waals surface area contributed by atoms with E-state index in [4.69, 9.17) is 19.5 Å². The number of carbonyl (C=O) groups is 3. The van der Waals surface area contributed by atoms with Crippen molar-refractivity contribution in [2.45, 2.75) is 135 Å². The van der Waals surface area contributed by atoms with Crippen LogP contribution in [0.25, 0.3) is 11.2 Å².